The number of piperidine rings is 1. The fraction of sp³-hybridized carbons (Fsp3) is 0.480. The van der Waals surface area contributed by atoms with Crippen LogP contribution in [0, 0.1) is 11.8 Å². The van der Waals surface area contributed by atoms with Gasteiger partial charge in [0.05, 0.1) is 11.9 Å². The number of phenolic OH excluding ortho intramolecular Hbond substituents is 1. The Hall–Kier alpha value is -2.93. The molecule has 1 aromatic carbocycles. The van der Waals surface area contributed by atoms with Crippen molar-refractivity contribution in [1.82, 2.24) is 20.0 Å². The number of nitrogens with zero attached hydrogens (tertiary/aromatic N) is 5. The number of H-pyrrole nitrogens is 1. The fourth-order valence-electron chi connectivity index (χ4n) is 4.35. The highest BCUT2D eigenvalue weighted by Crippen LogP contribution is 2.31. The van der Waals surface area contributed by atoms with Gasteiger partial charge >= 0.3 is 0 Å². The average Bonchev–Trinajstić information content (AvgIpc) is 3.45. The van der Waals surface area contributed by atoms with E-state index in [1.54, 1.807) is 24.5 Å². The van der Waals surface area contributed by atoms with Gasteiger partial charge in [-0.1, -0.05) is 32.9 Å². The van der Waals surface area contributed by atoms with Crippen LogP contribution in [0.15, 0.2) is 53.5 Å². The van der Waals surface area contributed by atoms with E-state index in [-0.39, 0.29) is 5.75 Å². The molecule has 2 aliphatic rings. The minimum atomic E-state index is 0.144. The van der Waals surface area contributed by atoms with Gasteiger partial charge in [-0.2, -0.15) is 5.10 Å². The summed E-state index contributed by atoms with van der Waals surface area (Å²) in [5, 5.41) is 26.1. The van der Waals surface area contributed by atoms with E-state index in [4.69, 9.17) is 0 Å². The SMILES string of the molecule is C=C/C(=N\N=C(/C)N1CC2CCN(C)CC2C1)c1ccc(-c2cn[nH]c2)cc1O.CCC. The molecule has 0 saturated carbocycles. The molecule has 0 amide bonds. The van der Waals surface area contributed by atoms with Gasteiger partial charge in [-0.25, -0.2) is 0 Å². The number of aromatic nitrogens is 2. The molecule has 32 heavy (non-hydrogen) atoms. The molecule has 3 heterocycles. The Kier molecular flexibility index (Phi) is 8.22. The van der Waals surface area contributed by atoms with E-state index in [0.29, 0.717) is 17.2 Å². The van der Waals surface area contributed by atoms with E-state index in [9.17, 15) is 5.11 Å². The van der Waals surface area contributed by atoms with E-state index >= 15 is 0 Å². The van der Waals surface area contributed by atoms with Crippen LogP contribution in [0.5, 0.6) is 5.75 Å². The number of aromatic amines is 1. The van der Waals surface area contributed by atoms with Crippen LogP contribution in [-0.4, -0.2) is 69.9 Å². The lowest BCUT2D eigenvalue weighted by atomic mass is 9.89. The Morgan fingerprint density at radius 2 is 1.97 bits per heavy atom. The van der Waals surface area contributed by atoms with Crippen molar-refractivity contribution in [3.63, 3.8) is 0 Å². The number of amidine groups is 1. The van der Waals surface area contributed by atoms with Crippen LogP contribution in [-0.2, 0) is 0 Å². The minimum absolute atomic E-state index is 0.144. The third-order valence-electron chi connectivity index (χ3n) is 6.06. The van der Waals surface area contributed by atoms with E-state index in [2.05, 4.69) is 57.7 Å². The van der Waals surface area contributed by atoms with Gasteiger partial charge in [0.1, 0.15) is 11.6 Å². The molecule has 2 unspecified atom stereocenters. The third-order valence-corrected chi connectivity index (χ3v) is 6.06. The number of nitrogens with one attached hydrogen (secondary N) is 1. The largest absolute Gasteiger partial charge is 0.507 e. The smallest absolute Gasteiger partial charge is 0.125 e. The molecule has 0 bridgehead atoms. The topological polar surface area (TPSA) is 80.1 Å². The summed E-state index contributed by atoms with van der Waals surface area (Å²) >= 11 is 0. The second-order valence-electron chi connectivity index (χ2n) is 8.74. The van der Waals surface area contributed by atoms with E-state index < -0.39 is 0 Å². The number of phenols is 1. The predicted molar refractivity (Wildman–Crippen MR) is 132 cm³/mol. The number of likely N-dealkylation sites (tertiary alicyclic amines) is 2. The summed E-state index contributed by atoms with van der Waals surface area (Å²) in [5.41, 5.74) is 2.96. The van der Waals surface area contributed by atoms with Crippen molar-refractivity contribution in [2.24, 2.45) is 22.0 Å². The van der Waals surface area contributed by atoms with E-state index in [1.165, 1.54) is 19.4 Å². The highest BCUT2D eigenvalue weighted by molar-refractivity contribution is 6.10. The number of aromatic hydroxyl groups is 1. The monoisotopic (exact) mass is 436 g/mol. The van der Waals surface area contributed by atoms with Gasteiger partial charge < -0.3 is 14.9 Å². The molecule has 2 fully saturated rings. The zero-order valence-corrected chi connectivity index (χ0v) is 19.8. The molecule has 172 valence electrons. The number of allylic oxidation sites excluding steroid dienone is 1. The normalized spacial score (nSPS) is 21.7. The maximum atomic E-state index is 10.5. The summed E-state index contributed by atoms with van der Waals surface area (Å²) in [5.74, 6) is 2.52. The molecular weight excluding hydrogens is 400 g/mol. The number of hydrogen-bond acceptors (Lipinski definition) is 5. The van der Waals surface area contributed by atoms with Crippen molar-refractivity contribution in [2.75, 3.05) is 33.2 Å². The number of rotatable bonds is 4. The first-order chi connectivity index (χ1) is 15.5. The zero-order valence-electron chi connectivity index (χ0n) is 19.8. The van der Waals surface area contributed by atoms with Gasteiger partial charge in [-0.3, -0.25) is 5.10 Å². The lowest BCUT2D eigenvalue weighted by Crippen LogP contribution is -2.37. The Morgan fingerprint density at radius 3 is 2.62 bits per heavy atom. The molecule has 7 nitrogen and oxygen atoms in total. The van der Waals surface area contributed by atoms with Crippen molar-refractivity contribution in [2.45, 2.75) is 33.6 Å². The average molecular weight is 437 g/mol. The molecule has 2 aliphatic heterocycles. The Balaban J connectivity index is 0.000000913. The Bertz CT molecular complexity index is 949. The highest BCUT2D eigenvalue weighted by atomic mass is 16.3. The van der Waals surface area contributed by atoms with Crippen LogP contribution in [0.1, 0.15) is 39.2 Å². The molecule has 4 rings (SSSR count). The van der Waals surface area contributed by atoms with Gasteiger partial charge in [0.15, 0.2) is 0 Å². The zero-order chi connectivity index (χ0) is 23.1. The second kappa shape index (κ2) is 11.1. The summed E-state index contributed by atoms with van der Waals surface area (Å²) in [6.45, 7) is 14.5. The molecule has 2 N–H and O–H groups in total. The van der Waals surface area contributed by atoms with Gasteiger partial charge in [-0.05, 0) is 62.5 Å². The lowest BCUT2D eigenvalue weighted by Gasteiger charge is -2.31. The minimum Gasteiger partial charge on any atom is -0.507 e. The number of fused-ring (bicyclic) bond motifs is 1. The van der Waals surface area contributed by atoms with Gasteiger partial charge in [0, 0.05) is 37.0 Å². The molecule has 2 saturated heterocycles. The van der Waals surface area contributed by atoms with Crippen LogP contribution in [0.25, 0.3) is 11.1 Å². The quantitative estimate of drug-likeness (QED) is 0.423. The van der Waals surface area contributed by atoms with Gasteiger partial charge in [0.25, 0.3) is 0 Å². The molecule has 0 spiro atoms. The molecule has 7 heteroatoms. The first-order valence-electron chi connectivity index (χ1n) is 11.5. The Morgan fingerprint density at radius 1 is 1.22 bits per heavy atom. The van der Waals surface area contributed by atoms with E-state index in [1.807, 2.05) is 19.1 Å². The van der Waals surface area contributed by atoms with E-state index in [0.717, 1.165) is 42.5 Å². The summed E-state index contributed by atoms with van der Waals surface area (Å²) in [4.78, 5) is 4.75. The summed E-state index contributed by atoms with van der Waals surface area (Å²) in [7, 11) is 2.20. The van der Waals surface area contributed by atoms with Gasteiger partial charge in [0.2, 0.25) is 0 Å². The maximum absolute atomic E-state index is 10.5. The summed E-state index contributed by atoms with van der Waals surface area (Å²) < 4.78 is 0. The summed E-state index contributed by atoms with van der Waals surface area (Å²) in [6.07, 6.45) is 7.64. The standard InChI is InChI=1S/C22H28N6O.C3H8/c1-4-21(20-6-5-16(9-22(20)29)18-10-23-24-11-18)26-25-15(2)28-13-17-7-8-27(3)12-19(17)14-28;1-3-2/h4-6,9-11,17,19,29H,1,7-8,12-14H2,2-3H3,(H,23,24);3H2,1-2H3/b25-15+,26-21+;. The molecule has 0 radical (unpaired) electrons. The maximum Gasteiger partial charge on any atom is 0.125 e. The fourth-order valence-corrected chi connectivity index (χ4v) is 4.35. The van der Waals surface area contributed by atoms with Crippen molar-refractivity contribution < 1.29 is 5.11 Å². The molecule has 0 aliphatic carbocycles. The number of benzene rings is 1. The lowest BCUT2D eigenvalue weighted by molar-refractivity contribution is 0.178. The predicted octanol–water partition coefficient (Wildman–Crippen LogP) is 4.39. The summed E-state index contributed by atoms with van der Waals surface area (Å²) in [6, 6.07) is 5.47. The van der Waals surface area contributed by atoms with Crippen molar-refractivity contribution in [3.05, 3.63) is 48.8 Å². The third kappa shape index (κ3) is 5.65. The second-order valence-corrected chi connectivity index (χ2v) is 8.74. The van der Waals surface area contributed by atoms with Crippen molar-refractivity contribution >= 4 is 11.5 Å². The van der Waals surface area contributed by atoms with Crippen LogP contribution in [0.3, 0.4) is 0 Å². The van der Waals surface area contributed by atoms with Crippen molar-refractivity contribution in [1.29, 1.82) is 0 Å². The highest BCUT2D eigenvalue weighted by Gasteiger charge is 2.36. The van der Waals surface area contributed by atoms with Gasteiger partial charge in [-0.15, -0.1) is 10.2 Å². The van der Waals surface area contributed by atoms with Crippen LogP contribution >= 0.6 is 0 Å². The first-order valence-corrected chi connectivity index (χ1v) is 11.5. The molecule has 2 atom stereocenters. The Labute approximate surface area is 191 Å². The van der Waals surface area contributed by atoms with Crippen LogP contribution < -0.4 is 0 Å². The van der Waals surface area contributed by atoms with Crippen LogP contribution in [0.4, 0.5) is 0 Å². The molecule has 1 aromatic heterocycles. The number of hydrogen-bond donors (Lipinski definition) is 2. The van der Waals surface area contributed by atoms with Crippen molar-refractivity contribution in [3.8, 4) is 16.9 Å². The molecular formula is C25H36N6O. The van der Waals surface area contributed by atoms with Crippen LogP contribution in [0.2, 0.25) is 0 Å². The molecule has 2 aromatic rings. The first kappa shape index (κ1) is 23.7.